The minimum Gasteiger partial charge on any atom is -0.326 e. The van der Waals surface area contributed by atoms with Gasteiger partial charge in [-0.1, -0.05) is 19.3 Å². The maximum Gasteiger partial charge on any atom is 0.0247 e. The molecule has 0 bridgehead atoms. The Balaban J connectivity index is 1.90. The fourth-order valence-corrected chi connectivity index (χ4v) is 3.50. The highest BCUT2D eigenvalue weighted by atomic mass is 15.2. The zero-order chi connectivity index (χ0) is 12.3. The zero-order valence-corrected chi connectivity index (χ0v) is 11.6. The van der Waals surface area contributed by atoms with E-state index in [9.17, 15) is 0 Å². The Morgan fingerprint density at radius 3 is 2.35 bits per heavy atom. The summed E-state index contributed by atoms with van der Waals surface area (Å²) >= 11 is 0. The van der Waals surface area contributed by atoms with Crippen LogP contribution in [-0.2, 0) is 0 Å². The van der Waals surface area contributed by atoms with Crippen molar-refractivity contribution < 1.29 is 0 Å². The number of likely N-dealkylation sites (N-methyl/N-ethyl adjacent to an activating group) is 1. The van der Waals surface area contributed by atoms with Gasteiger partial charge in [-0.05, 0) is 52.9 Å². The first kappa shape index (κ1) is 13.3. The molecule has 2 fully saturated rings. The van der Waals surface area contributed by atoms with E-state index in [0.717, 1.165) is 6.04 Å². The number of nitrogens with two attached hydrogens (primary N) is 1. The summed E-state index contributed by atoms with van der Waals surface area (Å²) in [4.78, 5) is 5.06. The lowest BCUT2D eigenvalue weighted by Gasteiger charge is -2.41. The average molecular weight is 239 g/mol. The SMILES string of the molecule is CN1CCC(N(C)C2CCCCCC2N)CC1. The highest BCUT2D eigenvalue weighted by molar-refractivity contribution is 4.88. The first-order chi connectivity index (χ1) is 8.18. The van der Waals surface area contributed by atoms with Crippen LogP contribution in [0.15, 0.2) is 0 Å². The number of piperidine rings is 1. The Bertz CT molecular complexity index is 224. The summed E-state index contributed by atoms with van der Waals surface area (Å²) in [6, 6.07) is 1.80. The fraction of sp³-hybridized carbons (Fsp3) is 1.00. The average Bonchev–Trinajstić information content (AvgIpc) is 2.54. The zero-order valence-electron chi connectivity index (χ0n) is 11.6. The molecule has 1 heterocycles. The molecule has 2 N–H and O–H groups in total. The number of nitrogens with zero attached hydrogens (tertiary/aromatic N) is 2. The van der Waals surface area contributed by atoms with Crippen LogP contribution >= 0.6 is 0 Å². The van der Waals surface area contributed by atoms with Crippen LogP contribution in [0.3, 0.4) is 0 Å². The lowest BCUT2D eigenvalue weighted by atomic mass is 9.97. The lowest BCUT2D eigenvalue weighted by molar-refractivity contribution is 0.0910. The molecule has 2 aliphatic rings. The number of hydrogen-bond donors (Lipinski definition) is 1. The van der Waals surface area contributed by atoms with E-state index in [2.05, 4.69) is 23.9 Å². The molecule has 0 radical (unpaired) electrons. The quantitative estimate of drug-likeness (QED) is 0.744. The Hall–Kier alpha value is -0.120. The van der Waals surface area contributed by atoms with Crippen molar-refractivity contribution in [2.75, 3.05) is 27.2 Å². The molecule has 0 aromatic rings. The van der Waals surface area contributed by atoms with Gasteiger partial charge in [0.2, 0.25) is 0 Å². The second kappa shape index (κ2) is 6.17. The van der Waals surface area contributed by atoms with E-state index in [1.807, 2.05) is 0 Å². The summed E-state index contributed by atoms with van der Waals surface area (Å²) < 4.78 is 0. The number of rotatable bonds is 2. The molecule has 17 heavy (non-hydrogen) atoms. The van der Waals surface area contributed by atoms with Crippen LogP contribution in [0.4, 0.5) is 0 Å². The van der Waals surface area contributed by atoms with Gasteiger partial charge >= 0.3 is 0 Å². The van der Waals surface area contributed by atoms with E-state index in [0.29, 0.717) is 12.1 Å². The van der Waals surface area contributed by atoms with Gasteiger partial charge in [0.15, 0.2) is 0 Å². The van der Waals surface area contributed by atoms with Gasteiger partial charge in [-0.15, -0.1) is 0 Å². The molecule has 0 aromatic carbocycles. The number of likely N-dealkylation sites (tertiary alicyclic amines) is 1. The maximum atomic E-state index is 6.36. The molecule has 0 amide bonds. The topological polar surface area (TPSA) is 32.5 Å². The smallest absolute Gasteiger partial charge is 0.0247 e. The summed E-state index contributed by atoms with van der Waals surface area (Å²) in [5.74, 6) is 0. The van der Waals surface area contributed by atoms with Gasteiger partial charge < -0.3 is 10.6 Å². The van der Waals surface area contributed by atoms with Crippen LogP contribution in [0.1, 0.15) is 44.9 Å². The summed E-state index contributed by atoms with van der Waals surface area (Å²) in [7, 11) is 4.54. The van der Waals surface area contributed by atoms with Crippen LogP contribution < -0.4 is 5.73 Å². The summed E-state index contributed by atoms with van der Waals surface area (Å²) in [5.41, 5.74) is 6.36. The van der Waals surface area contributed by atoms with Gasteiger partial charge in [0.25, 0.3) is 0 Å². The molecule has 100 valence electrons. The van der Waals surface area contributed by atoms with Crippen molar-refractivity contribution >= 4 is 0 Å². The Morgan fingerprint density at radius 1 is 1.00 bits per heavy atom. The third kappa shape index (κ3) is 3.43. The van der Waals surface area contributed by atoms with Crippen molar-refractivity contribution in [2.24, 2.45) is 5.73 Å². The second-order valence-electron chi connectivity index (χ2n) is 6.07. The minimum atomic E-state index is 0.405. The van der Waals surface area contributed by atoms with Crippen LogP contribution in [0.2, 0.25) is 0 Å². The van der Waals surface area contributed by atoms with Crippen LogP contribution in [0.5, 0.6) is 0 Å². The molecule has 3 nitrogen and oxygen atoms in total. The standard InChI is InChI=1S/C14H29N3/c1-16-10-8-12(9-11-16)17(2)14-7-5-3-4-6-13(14)15/h12-14H,3-11,15H2,1-2H3. The third-order valence-corrected chi connectivity index (χ3v) is 4.82. The van der Waals surface area contributed by atoms with Crippen LogP contribution in [0.25, 0.3) is 0 Å². The summed E-state index contributed by atoms with van der Waals surface area (Å²) in [5, 5.41) is 0. The van der Waals surface area contributed by atoms with Gasteiger partial charge in [0.05, 0.1) is 0 Å². The molecular weight excluding hydrogens is 210 g/mol. The van der Waals surface area contributed by atoms with E-state index >= 15 is 0 Å². The minimum absolute atomic E-state index is 0.405. The van der Waals surface area contributed by atoms with Gasteiger partial charge in [-0.25, -0.2) is 0 Å². The van der Waals surface area contributed by atoms with E-state index in [1.165, 1.54) is 58.0 Å². The van der Waals surface area contributed by atoms with Crippen molar-refractivity contribution in [2.45, 2.75) is 63.1 Å². The van der Waals surface area contributed by atoms with E-state index < -0.39 is 0 Å². The monoisotopic (exact) mass is 239 g/mol. The van der Waals surface area contributed by atoms with Crippen molar-refractivity contribution in [3.63, 3.8) is 0 Å². The van der Waals surface area contributed by atoms with E-state index in [-0.39, 0.29) is 0 Å². The summed E-state index contributed by atoms with van der Waals surface area (Å²) in [6.07, 6.45) is 9.25. The first-order valence-corrected chi connectivity index (χ1v) is 7.34. The first-order valence-electron chi connectivity index (χ1n) is 7.34. The highest BCUT2D eigenvalue weighted by Gasteiger charge is 2.30. The Labute approximate surface area is 106 Å². The normalized spacial score (nSPS) is 33.9. The largest absolute Gasteiger partial charge is 0.326 e. The lowest BCUT2D eigenvalue weighted by Crippen LogP contribution is -2.52. The molecule has 1 aliphatic carbocycles. The molecule has 2 rings (SSSR count). The highest BCUT2D eigenvalue weighted by Crippen LogP contribution is 2.25. The molecule has 1 saturated carbocycles. The Morgan fingerprint density at radius 2 is 1.65 bits per heavy atom. The van der Waals surface area contributed by atoms with Crippen LogP contribution in [0, 0.1) is 0 Å². The molecular formula is C14H29N3. The van der Waals surface area contributed by atoms with Crippen molar-refractivity contribution in [1.82, 2.24) is 9.80 Å². The predicted molar refractivity (Wildman–Crippen MR) is 73.1 cm³/mol. The third-order valence-electron chi connectivity index (χ3n) is 4.82. The second-order valence-corrected chi connectivity index (χ2v) is 6.07. The van der Waals surface area contributed by atoms with Gasteiger partial charge in [0, 0.05) is 18.1 Å². The number of hydrogen-bond acceptors (Lipinski definition) is 3. The predicted octanol–water partition coefficient (Wildman–Crippen LogP) is 1.67. The molecule has 1 saturated heterocycles. The molecule has 1 aliphatic heterocycles. The van der Waals surface area contributed by atoms with Crippen molar-refractivity contribution in [3.05, 3.63) is 0 Å². The van der Waals surface area contributed by atoms with E-state index in [1.54, 1.807) is 0 Å². The molecule has 2 atom stereocenters. The van der Waals surface area contributed by atoms with Gasteiger partial charge in [0.1, 0.15) is 0 Å². The van der Waals surface area contributed by atoms with Crippen molar-refractivity contribution in [1.29, 1.82) is 0 Å². The van der Waals surface area contributed by atoms with Gasteiger partial charge in [-0.2, -0.15) is 0 Å². The summed E-state index contributed by atoms with van der Waals surface area (Å²) in [6.45, 7) is 2.49. The molecule has 3 heteroatoms. The fourth-order valence-electron chi connectivity index (χ4n) is 3.50. The molecule has 0 aromatic heterocycles. The maximum absolute atomic E-state index is 6.36. The van der Waals surface area contributed by atoms with Crippen molar-refractivity contribution in [3.8, 4) is 0 Å². The molecule has 0 spiro atoms. The Kier molecular flexibility index (Phi) is 4.83. The van der Waals surface area contributed by atoms with Gasteiger partial charge in [-0.3, -0.25) is 4.90 Å². The van der Waals surface area contributed by atoms with E-state index in [4.69, 9.17) is 5.73 Å². The van der Waals surface area contributed by atoms with Crippen LogP contribution in [-0.4, -0.2) is 55.1 Å². The molecule has 2 unspecified atom stereocenters.